The smallest absolute Gasteiger partial charge is 0.318 e. The number of aliphatic hydroxyl groups excluding tert-OH is 1. The highest BCUT2D eigenvalue weighted by molar-refractivity contribution is 5.75. The molecule has 1 fully saturated rings. The Bertz CT molecular complexity index is 526. The Morgan fingerprint density at radius 2 is 1.96 bits per heavy atom. The number of aryl methyl sites for hydroxylation is 1. The minimum absolute atomic E-state index is 0.0482. The predicted octanol–water partition coefficient (Wildman–Crippen LogP) is 3.40. The Morgan fingerprint density at radius 3 is 2.74 bits per heavy atom. The van der Waals surface area contributed by atoms with E-state index in [9.17, 15) is 9.90 Å². The van der Waals surface area contributed by atoms with E-state index in [0.717, 1.165) is 32.1 Å². The van der Waals surface area contributed by atoms with E-state index in [2.05, 4.69) is 29.6 Å². The van der Waals surface area contributed by atoms with E-state index >= 15 is 0 Å². The number of nitrogens with zero attached hydrogens (tertiary/aromatic N) is 1. The molecule has 126 valence electrons. The van der Waals surface area contributed by atoms with E-state index in [-0.39, 0.29) is 18.7 Å². The topological polar surface area (TPSA) is 52.6 Å². The second-order valence-electron chi connectivity index (χ2n) is 6.81. The lowest BCUT2D eigenvalue weighted by Crippen LogP contribution is -2.46. The van der Waals surface area contributed by atoms with Crippen molar-refractivity contribution in [1.29, 1.82) is 0 Å². The van der Waals surface area contributed by atoms with Gasteiger partial charge in [-0.05, 0) is 49.7 Å². The van der Waals surface area contributed by atoms with Crippen molar-refractivity contribution in [3.63, 3.8) is 0 Å². The van der Waals surface area contributed by atoms with Crippen molar-refractivity contribution >= 4 is 6.03 Å². The first kappa shape index (κ1) is 16.3. The molecule has 0 heterocycles. The molecule has 2 N–H and O–H groups in total. The summed E-state index contributed by atoms with van der Waals surface area (Å²) in [6, 6.07) is 9.01. The first-order valence-electron chi connectivity index (χ1n) is 9.05. The third-order valence-corrected chi connectivity index (χ3v) is 5.21. The number of aliphatic hydroxyl groups is 1. The van der Waals surface area contributed by atoms with Crippen LogP contribution in [0.25, 0.3) is 0 Å². The van der Waals surface area contributed by atoms with Crippen molar-refractivity contribution in [2.45, 2.75) is 63.5 Å². The van der Waals surface area contributed by atoms with E-state index in [0.29, 0.717) is 19.0 Å². The molecule has 1 aromatic rings. The molecule has 0 aliphatic heterocycles. The van der Waals surface area contributed by atoms with Crippen molar-refractivity contribution in [2.75, 3.05) is 13.2 Å². The average Bonchev–Trinajstić information content (AvgIpc) is 3.08. The molecule has 0 aromatic heterocycles. The lowest BCUT2D eigenvalue weighted by atomic mass is 9.87. The van der Waals surface area contributed by atoms with E-state index in [1.54, 1.807) is 0 Å². The van der Waals surface area contributed by atoms with Crippen LogP contribution in [-0.4, -0.2) is 35.2 Å². The fourth-order valence-electron chi connectivity index (χ4n) is 4.02. The highest BCUT2D eigenvalue weighted by Gasteiger charge is 2.30. The summed E-state index contributed by atoms with van der Waals surface area (Å²) in [6.07, 6.45) is 8.50. The molecule has 2 aliphatic rings. The fraction of sp³-hybridized carbons (Fsp3) is 0.632. The number of hydrogen-bond acceptors (Lipinski definition) is 2. The van der Waals surface area contributed by atoms with E-state index in [4.69, 9.17) is 0 Å². The van der Waals surface area contributed by atoms with Gasteiger partial charge in [0, 0.05) is 19.2 Å². The van der Waals surface area contributed by atoms with Crippen LogP contribution in [0.15, 0.2) is 24.3 Å². The molecule has 0 spiro atoms. The first-order valence-corrected chi connectivity index (χ1v) is 9.05. The van der Waals surface area contributed by atoms with E-state index < -0.39 is 0 Å². The monoisotopic (exact) mass is 316 g/mol. The van der Waals surface area contributed by atoms with Crippen molar-refractivity contribution < 1.29 is 9.90 Å². The number of carbonyl (C=O) groups excluding carboxylic acids is 1. The van der Waals surface area contributed by atoms with Gasteiger partial charge >= 0.3 is 6.03 Å². The summed E-state index contributed by atoms with van der Waals surface area (Å²) in [7, 11) is 0. The van der Waals surface area contributed by atoms with Crippen molar-refractivity contribution in [1.82, 2.24) is 10.2 Å². The zero-order valence-electron chi connectivity index (χ0n) is 13.8. The fourth-order valence-corrected chi connectivity index (χ4v) is 4.02. The predicted molar refractivity (Wildman–Crippen MR) is 91.3 cm³/mol. The van der Waals surface area contributed by atoms with Crippen molar-refractivity contribution in [3.05, 3.63) is 35.4 Å². The largest absolute Gasteiger partial charge is 0.396 e. The minimum atomic E-state index is 0.0482. The molecule has 4 heteroatoms. The molecule has 0 saturated heterocycles. The molecular formula is C19H28N2O2. The highest BCUT2D eigenvalue weighted by Crippen LogP contribution is 2.34. The molecule has 2 aliphatic carbocycles. The maximum Gasteiger partial charge on any atom is 0.318 e. The van der Waals surface area contributed by atoms with Crippen LogP contribution < -0.4 is 5.32 Å². The lowest BCUT2D eigenvalue weighted by molar-refractivity contribution is 0.154. The summed E-state index contributed by atoms with van der Waals surface area (Å²) in [5.74, 6) is 0. The second-order valence-corrected chi connectivity index (χ2v) is 6.81. The molecule has 1 saturated carbocycles. The Morgan fingerprint density at radius 1 is 1.17 bits per heavy atom. The maximum atomic E-state index is 12.8. The van der Waals surface area contributed by atoms with Crippen LogP contribution in [0.5, 0.6) is 0 Å². The molecule has 0 radical (unpaired) electrons. The van der Waals surface area contributed by atoms with Gasteiger partial charge in [0.05, 0.1) is 6.04 Å². The molecule has 2 amide bonds. The van der Waals surface area contributed by atoms with Gasteiger partial charge in [-0.1, -0.05) is 37.1 Å². The molecule has 1 aromatic carbocycles. The summed E-state index contributed by atoms with van der Waals surface area (Å²) in [5, 5.41) is 12.4. The average molecular weight is 316 g/mol. The van der Waals surface area contributed by atoms with Crippen LogP contribution in [0, 0.1) is 0 Å². The molecule has 1 atom stereocenters. The van der Waals surface area contributed by atoms with Gasteiger partial charge in [-0.25, -0.2) is 4.79 Å². The third kappa shape index (κ3) is 3.86. The SMILES string of the molecule is O=C(NC1CCCC1)N(CCCO)C1CCCc2ccccc21. The summed E-state index contributed by atoms with van der Waals surface area (Å²) < 4.78 is 0. The summed E-state index contributed by atoms with van der Waals surface area (Å²) >= 11 is 0. The maximum absolute atomic E-state index is 12.8. The Kier molecular flexibility index (Phi) is 5.55. The Hall–Kier alpha value is -1.55. The van der Waals surface area contributed by atoms with Crippen LogP contribution in [0.1, 0.15) is 62.1 Å². The molecule has 0 bridgehead atoms. The Labute approximate surface area is 138 Å². The van der Waals surface area contributed by atoms with Gasteiger partial charge in [0.25, 0.3) is 0 Å². The number of hydrogen-bond donors (Lipinski definition) is 2. The van der Waals surface area contributed by atoms with E-state index in [1.807, 2.05) is 4.90 Å². The standard InChI is InChI=1S/C19H28N2O2/c22-14-6-13-21(19(23)20-16-9-2-3-10-16)18-12-5-8-15-7-1-4-11-17(15)18/h1,4,7,11,16,18,22H,2-3,5-6,8-10,12-14H2,(H,20,23). The minimum Gasteiger partial charge on any atom is -0.396 e. The number of rotatable bonds is 5. The Balaban J connectivity index is 1.77. The number of amides is 2. The summed E-state index contributed by atoms with van der Waals surface area (Å²) in [6.45, 7) is 0.746. The summed E-state index contributed by atoms with van der Waals surface area (Å²) in [5.41, 5.74) is 2.66. The quantitative estimate of drug-likeness (QED) is 0.875. The van der Waals surface area contributed by atoms with Crippen LogP contribution in [0.2, 0.25) is 0 Å². The van der Waals surface area contributed by atoms with Crippen LogP contribution >= 0.6 is 0 Å². The van der Waals surface area contributed by atoms with Gasteiger partial charge in [-0.3, -0.25) is 0 Å². The van der Waals surface area contributed by atoms with Gasteiger partial charge in [0.2, 0.25) is 0 Å². The van der Waals surface area contributed by atoms with E-state index in [1.165, 1.54) is 24.0 Å². The number of fused-ring (bicyclic) bond motifs is 1. The number of urea groups is 1. The van der Waals surface area contributed by atoms with Gasteiger partial charge < -0.3 is 15.3 Å². The van der Waals surface area contributed by atoms with Gasteiger partial charge in [0.1, 0.15) is 0 Å². The zero-order valence-corrected chi connectivity index (χ0v) is 13.8. The van der Waals surface area contributed by atoms with Gasteiger partial charge in [-0.2, -0.15) is 0 Å². The highest BCUT2D eigenvalue weighted by atomic mass is 16.3. The zero-order chi connectivity index (χ0) is 16.1. The number of carbonyl (C=O) groups is 1. The molecule has 4 nitrogen and oxygen atoms in total. The van der Waals surface area contributed by atoms with Gasteiger partial charge in [-0.15, -0.1) is 0 Å². The van der Waals surface area contributed by atoms with Crippen molar-refractivity contribution in [2.24, 2.45) is 0 Å². The number of nitrogens with one attached hydrogen (secondary N) is 1. The molecule has 23 heavy (non-hydrogen) atoms. The normalized spacial score (nSPS) is 21.0. The second kappa shape index (κ2) is 7.82. The van der Waals surface area contributed by atoms with Crippen LogP contribution in [0.4, 0.5) is 4.79 Å². The molecular weight excluding hydrogens is 288 g/mol. The third-order valence-electron chi connectivity index (χ3n) is 5.21. The van der Waals surface area contributed by atoms with Gasteiger partial charge in [0.15, 0.2) is 0 Å². The number of benzene rings is 1. The van der Waals surface area contributed by atoms with Crippen molar-refractivity contribution in [3.8, 4) is 0 Å². The molecule has 1 unspecified atom stereocenters. The van der Waals surface area contributed by atoms with Crippen LogP contribution in [-0.2, 0) is 6.42 Å². The molecule has 3 rings (SSSR count). The van der Waals surface area contributed by atoms with Crippen LogP contribution in [0.3, 0.4) is 0 Å². The first-order chi connectivity index (χ1) is 11.3. The lowest BCUT2D eigenvalue weighted by Gasteiger charge is -2.36. The summed E-state index contributed by atoms with van der Waals surface area (Å²) in [4.78, 5) is 14.8.